The first-order valence-corrected chi connectivity index (χ1v) is 4.20. The molecule has 46 valence electrons. The van der Waals surface area contributed by atoms with Gasteiger partial charge in [0.05, 0.1) is 0 Å². The monoisotopic (exact) mass is 164 g/mol. The maximum atomic E-state index is 3.13. The van der Waals surface area contributed by atoms with Gasteiger partial charge in [-0.15, -0.1) is 0 Å². The van der Waals surface area contributed by atoms with E-state index in [0.717, 1.165) is 20.6 Å². The summed E-state index contributed by atoms with van der Waals surface area (Å²) in [5, 5.41) is 0. The van der Waals surface area contributed by atoms with Gasteiger partial charge in [-0.3, -0.25) is 9.22 Å². The standard InChI is InChI=1S/C3H8N2Si2.ClH/c6-3-4-1-2-5(3)7;/h1-2H,6-7H3;1H. The highest BCUT2D eigenvalue weighted by atomic mass is 35.5. The number of H-pyrrole nitrogens is 1. The van der Waals surface area contributed by atoms with Gasteiger partial charge in [0.25, 0.3) is 0 Å². The lowest BCUT2D eigenvalue weighted by Gasteiger charge is -1.79. The molecule has 1 heterocycles. The zero-order valence-corrected chi connectivity index (χ0v) is 9.74. The molecule has 0 amide bonds. The van der Waals surface area contributed by atoms with Crippen molar-refractivity contribution in [3.8, 4) is 0 Å². The molecule has 1 N–H and O–H groups in total. The van der Waals surface area contributed by atoms with Crippen LogP contribution in [0.15, 0.2) is 12.4 Å². The molecule has 0 atom stereocenters. The Bertz CT molecular complexity index is 148. The molecule has 0 fully saturated rings. The van der Waals surface area contributed by atoms with Gasteiger partial charge in [-0.1, -0.05) is 0 Å². The zero-order chi connectivity index (χ0) is 5.28. The van der Waals surface area contributed by atoms with Gasteiger partial charge >= 0.3 is 0 Å². The van der Waals surface area contributed by atoms with Crippen molar-refractivity contribution >= 4 is 26.1 Å². The van der Waals surface area contributed by atoms with Crippen molar-refractivity contribution in [1.82, 2.24) is 4.98 Å². The highest BCUT2D eigenvalue weighted by molar-refractivity contribution is 6.28. The fourth-order valence-electron chi connectivity index (χ4n) is 0.483. The van der Waals surface area contributed by atoms with Crippen molar-refractivity contribution in [3.05, 3.63) is 12.4 Å². The fraction of sp³-hybridized carbons (Fsp3) is 0. The van der Waals surface area contributed by atoms with Gasteiger partial charge in [-0.2, -0.15) is 0 Å². The van der Waals surface area contributed by atoms with Crippen LogP contribution < -0.4 is 22.1 Å². The van der Waals surface area contributed by atoms with Crippen LogP contribution in [0, 0.1) is 0 Å². The van der Waals surface area contributed by atoms with E-state index in [-0.39, 0.29) is 12.4 Å². The molecule has 0 aromatic carbocycles. The highest BCUT2D eigenvalue weighted by Crippen LogP contribution is 1.55. The highest BCUT2D eigenvalue weighted by Gasteiger charge is 1.91. The van der Waals surface area contributed by atoms with Gasteiger partial charge in [0.1, 0.15) is 22.6 Å². The first-order valence-electron chi connectivity index (χ1n) is 2.30. The van der Waals surface area contributed by atoms with Crippen molar-refractivity contribution in [1.29, 1.82) is 0 Å². The fourth-order valence-corrected chi connectivity index (χ4v) is 1.08. The maximum absolute atomic E-state index is 3.13. The van der Waals surface area contributed by atoms with E-state index in [0.29, 0.717) is 0 Å². The molecular formula is C3H9ClN2Si2. The number of nitrogens with one attached hydrogen (secondary N) is 1. The minimum absolute atomic E-state index is 0. The maximum Gasteiger partial charge on any atom is 0.219 e. The topological polar surface area (TPSA) is 19.7 Å². The summed E-state index contributed by atoms with van der Waals surface area (Å²) < 4.78 is 2.23. The number of halogens is 1. The Morgan fingerprint density at radius 1 is 1.62 bits per heavy atom. The lowest BCUT2D eigenvalue weighted by Crippen LogP contribution is -3.00. The summed E-state index contributed by atoms with van der Waals surface area (Å²) in [6, 6.07) is 0. The van der Waals surface area contributed by atoms with Crippen LogP contribution >= 0.6 is 0 Å². The largest absolute Gasteiger partial charge is 1.00 e. The average molecular weight is 165 g/mol. The van der Waals surface area contributed by atoms with Gasteiger partial charge in [0, 0.05) is 0 Å². The first-order chi connectivity index (χ1) is 3.30. The minimum Gasteiger partial charge on any atom is -1.00 e. The lowest BCUT2D eigenvalue weighted by molar-refractivity contribution is -0.499. The van der Waals surface area contributed by atoms with Gasteiger partial charge in [-0.05, 0) is 0 Å². The van der Waals surface area contributed by atoms with E-state index in [4.69, 9.17) is 0 Å². The van der Waals surface area contributed by atoms with E-state index < -0.39 is 0 Å². The third-order valence-corrected chi connectivity index (χ3v) is 3.98. The van der Waals surface area contributed by atoms with Crippen LogP contribution in [0.25, 0.3) is 0 Å². The van der Waals surface area contributed by atoms with E-state index in [1.165, 1.54) is 5.45 Å². The Labute approximate surface area is 60.6 Å². The van der Waals surface area contributed by atoms with Crippen LogP contribution in [0.5, 0.6) is 0 Å². The molecule has 0 aliphatic heterocycles. The van der Waals surface area contributed by atoms with E-state index >= 15 is 0 Å². The van der Waals surface area contributed by atoms with E-state index in [2.05, 4.69) is 15.4 Å². The Balaban J connectivity index is 0.000000490. The second kappa shape index (κ2) is 3.06. The summed E-state index contributed by atoms with van der Waals surface area (Å²) >= 11 is 0. The molecule has 1 aromatic rings. The lowest BCUT2D eigenvalue weighted by atomic mass is 11.0. The van der Waals surface area contributed by atoms with E-state index in [1.807, 2.05) is 6.20 Å². The molecule has 0 bridgehead atoms. The third kappa shape index (κ3) is 1.46. The van der Waals surface area contributed by atoms with Crippen LogP contribution in [0.4, 0.5) is 0 Å². The third-order valence-electron chi connectivity index (χ3n) is 1.12. The normalized spacial score (nSPS) is 9.00. The van der Waals surface area contributed by atoms with Crippen molar-refractivity contribution in [2.45, 2.75) is 0 Å². The first kappa shape index (κ1) is 7.93. The van der Waals surface area contributed by atoms with Crippen molar-refractivity contribution in [2.24, 2.45) is 0 Å². The smallest absolute Gasteiger partial charge is 0.219 e. The van der Waals surface area contributed by atoms with Crippen molar-refractivity contribution in [2.75, 3.05) is 0 Å². The number of aromatic nitrogens is 2. The number of aromatic amines is 1. The summed E-state index contributed by atoms with van der Waals surface area (Å²) in [5.41, 5.74) is 1.38. The number of imidazole rings is 1. The molecule has 2 nitrogen and oxygen atoms in total. The molecule has 1 aromatic heterocycles. The van der Waals surface area contributed by atoms with Crippen molar-refractivity contribution in [3.63, 3.8) is 0 Å². The molecule has 0 spiro atoms. The van der Waals surface area contributed by atoms with Crippen LogP contribution in [-0.2, 0) is 0 Å². The Morgan fingerprint density at radius 2 is 2.25 bits per heavy atom. The summed E-state index contributed by atoms with van der Waals surface area (Å²) in [6.07, 6.45) is 4.06. The number of hydrogen-bond acceptors (Lipinski definition) is 0. The molecule has 0 aliphatic rings. The predicted octanol–water partition coefficient (Wildman–Crippen LogP) is -6.57. The summed E-state index contributed by atoms with van der Waals surface area (Å²) in [7, 11) is 2.26. The molecule has 0 radical (unpaired) electrons. The second-order valence-corrected chi connectivity index (χ2v) is 3.57. The van der Waals surface area contributed by atoms with Crippen LogP contribution in [0.1, 0.15) is 0 Å². The Hall–Kier alpha value is -0.0662. The molecule has 5 heteroatoms. The minimum atomic E-state index is 0. The summed E-state index contributed by atoms with van der Waals surface area (Å²) in [4.78, 5) is 3.13. The number of rotatable bonds is 0. The van der Waals surface area contributed by atoms with Crippen LogP contribution in [0.2, 0.25) is 0 Å². The molecular weight excluding hydrogens is 156 g/mol. The quantitative estimate of drug-likeness (QED) is 0.368. The molecule has 0 aliphatic carbocycles. The summed E-state index contributed by atoms with van der Waals surface area (Å²) in [5.74, 6) is 0. The number of hydrogen-bond donors (Lipinski definition) is 1. The van der Waals surface area contributed by atoms with Crippen LogP contribution in [-0.4, -0.2) is 25.6 Å². The molecule has 1 rings (SSSR count). The predicted molar refractivity (Wildman–Crippen MR) is 35.9 cm³/mol. The Morgan fingerprint density at radius 3 is 2.38 bits per heavy atom. The molecule has 0 saturated carbocycles. The summed E-state index contributed by atoms with van der Waals surface area (Å²) in [6.45, 7) is 0. The molecule has 8 heavy (non-hydrogen) atoms. The molecule has 0 saturated heterocycles. The van der Waals surface area contributed by atoms with Crippen molar-refractivity contribution < 1.29 is 16.6 Å². The van der Waals surface area contributed by atoms with Gasteiger partial charge < -0.3 is 12.4 Å². The average Bonchev–Trinajstić information content (AvgIpc) is 1.91. The SMILES string of the molecule is [Cl-].[SiH3]c1[nH]cc[n+]1[SiH3]. The zero-order valence-electron chi connectivity index (χ0n) is 4.98. The molecule has 0 unspecified atom stereocenters. The van der Waals surface area contributed by atoms with Crippen LogP contribution in [0.3, 0.4) is 0 Å². The van der Waals surface area contributed by atoms with Gasteiger partial charge in [-0.25, -0.2) is 0 Å². The van der Waals surface area contributed by atoms with Gasteiger partial charge in [0.2, 0.25) is 10.4 Å². The Kier molecular flexibility index (Phi) is 3.03. The number of nitrogens with zero attached hydrogens (tertiary/aromatic N) is 1. The van der Waals surface area contributed by atoms with E-state index in [9.17, 15) is 0 Å². The van der Waals surface area contributed by atoms with Gasteiger partial charge in [0.15, 0.2) is 5.45 Å². The second-order valence-electron chi connectivity index (χ2n) is 1.66. The van der Waals surface area contributed by atoms with E-state index in [1.54, 1.807) is 0 Å².